The van der Waals surface area contributed by atoms with Gasteiger partial charge in [0.25, 0.3) is 5.56 Å². The van der Waals surface area contributed by atoms with Gasteiger partial charge in [-0.3, -0.25) is 4.79 Å². The van der Waals surface area contributed by atoms with Gasteiger partial charge in [-0.2, -0.15) is 4.98 Å². The molecule has 2 aromatic heterocycles. The largest absolute Gasteiger partial charge is 0.328 e. The lowest BCUT2D eigenvalue weighted by Gasteiger charge is -2.11. The fourth-order valence-corrected chi connectivity index (χ4v) is 4.80. The average Bonchev–Trinajstić information content (AvgIpc) is 3.02. The van der Waals surface area contributed by atoms with Crippen LogP contribution in [-0.4, -0.2) is 45.9 Å². The zero-order valence-corrected chi connectivity index (χ0v) is 17.9. The number of benzene rings is 1. The quantitative estimate of drug-likeness (QED) is 0.429. The number of fused-ring (bicyclic) bond motifs is 1. The Balaban J connectivity index is 1.98. The molecule has 0 bridgehead atoms. The molecule has 8 nitrogen and oxygen atoms in total. The van der Waals surface area contributed by atoms with Crippen molar-refractivity contribution in [2.75, 3.05) is 14.1 Å². The van der Waals surface area contributed by atoms with Crippen LogP contribution < -0.4 is 5.56 Å². The summed E-state index contributed by atoms with van der Waals surface area (Å²) < 4.78 is 29.9. The van der Waals surface area contributed by atoms with Crippen molar-refractivity contribution in [3.63, 3.8) is 0 Å². The second kappa shape index (κ2) is 8.06. The molecule has 0 amide bonds. The Bertz CT molecular complexity index is 1170. The third-order valence-electron chi connectivity index (χ3n) is 4.41. The smallest absolute Gasteiger partial charge is 0.273 e. The van der Waals surface area contributed by atoms with Crippen molar-refractivity contribution < 1.29 is 8.42 Å². The summed E-state index contributed by atoms with van der Waals surface area (Å²) in [6, 6.07) is 6.45. The van der Waals surface area contributed by atoms with E-state index in [1.54, 1.807) is 24.4 Å². The Kier molecular flexibility index (Phi) is 5.92. The molecule has 0 saturated carbocycles. The number of rotatable bonds is 7. The molecule has 0 N–H and O–H groups in total. The highest BCUT2D eigenvalue weighted by Gasteiger charge is 2.19. The number of imidazole rings is 1. The zero-order valence-electron chi connectivity index (χ0n) is 16.3. The first-order chi connectivity index (χ1) is 13.3. The molecule has 10 heteroatoms. The number of hydrogen-bond acceptors (Lipinski definition) is 6. The van der Waals surface area contributed by atoms with Crippen LogP contribution in [-0.2, 0) is 28.9 Å². The van der Waals surface area contributed by atoms with Gasteiger partial charge in [-0.05, 0) is 32.0 Å². The van der Waals surface area contributed by atoms with E-state index in [1.165, 1.54) is 36.2 Å². The summed E-state index contributed by atoms with van der Waals surface area (Å²) in [5.41, 5.74) is 1.24. The van der Waals surface area contributed by atoms with Gasteiger partial charge < -0.3 is 9.13 Å². The maximum Gasteiger partial charge on any atom is 0.273 e. The molecular formula is C18H23N5O3S2. The van der Waals surface area contributed by atoms with Crippen LogP contribution in [0.1, 0.15) is 19.7 Å². The van der Waals surface area contributed by atoms with Crippen LogP contribution in [0.15, 0.2) is 45.3 Å². The third kappa shape index (κ3) is 3.85. The van der Waals surface area contributed by atoms with Crippen LogP contribution in [0.3, 0.4) is 0 Å². The van der Waals surface area contributed by atoms with Gasteiger partial charge in [-0.25, -0.2) is 17.7 Å². The predicted octanol–water partition coefficient (Wildman–Crippen LogP) is 2.18. The van der Waals surface area contributed by atoms with Gasteiger partial charge in [-0.1, -0.05) is 11.8 Å². The number of aromatic nitrogens is 4. The minimum atomic E-state index is -3.52. The highest BCUT2D eigenvalue weighted by atomic mass is 32.2. The van der Waals surface area contributed by atoms with E-state index in [2.05, 4.69) is 9.97 Å². The SMILES string of the molecule is CCn1ccc(=O)nc1SCc1nc2cc(S(=O)(=O)N(C)C)ccc2n1CC. The van der Waals surface area contributed by atoms with E-state index in [0.29, 0.717) is 29.5 Å². The first kappa shape index (κ1) is 20.6. The summed E-state index contributed by atoms with van der Waals surface area (Å²) in [6.45, 7) is 5.42. The van der Waals surface area contributed by atoms with Crippen molar-refractivity contribution in [1.29, 1.82) is 0 Å². The Morgan fingerprint density at radius 2 is 1.86 bits per heavy atom. The maximum atomic E-state index is 12.4. The number of thioether (sulfide) groups is 1. The van der Waals surface area contributed by atoms with Crippen molar-refractivity contribution >= 4 is 32.8 Å². The Labute approximate surface area is 168 Å². The van der Waals surface area contributed by atoms with Crippen LogP contribution in [0.2, 0.25) is 0 Å². The molecule has 0 aliphatic heterocycles. The molecule has 0 aliphatic carbocycles. The van der Waals surface area contributed by atoms with Crippen LogP contribution in [0, 0.1) is 0 Å². The van der Waals surface area contributed by atoms with Crippen LogP contribution in [0.5, 0.6) is 0 Å². The summed E-state index contributed by atoms with van der Waals surface area (Å²) in [4.78, 5) is 20.6. The van der Waals surface area contributed by atoms with Crippen LogP contribution in [0.4, 0.5) is 0 Å². The normalized spacial score (nSPS) is 12.2. The molecule has 0 aliphatic rings. The first-order valence-corrected chi connectivity index (χ1v) is 11.3. The molecule has 0 unspecified atom stereocenters. The molecular weight excluding hydrogens is 398 g/mol. The summed E-state index contributed by atoms with van der Waals surface area (Å²) in [5, 5.41) is 0.639. The Hall–Kier alpha value is -2.17. The highest BCUT2D eigenvalue weighted by molar-refractivity contribution is 7.98. The van der Waals surface area contributed by atoms with Gasteiger partial charge in [0.15, 0.2) is 5.16 Å². The minimum absolute atomic E-state index is 0.217. The molecule has 0 atom stereocenters. The van der Waals surface area contributed by atoms with Gasteiger partial charge in [0.1, 0.15) is 5.82 Å². The summed E-state index contributed by atoms with van der Waals surface area (Å²) >= 11 is 1.44. The second-order valence-electron chi connectivity index (χ2n) is 6.33. The number of sulfonamides is 1. The summed E-state index contributed by atoms with van der Waals surface area (Å²) in [6.07, 6.45) is 1.73. The summed E-state index contributed by atoms with van der Waals surface area (Å²) in [5.74, 6) is 1.33. The molecule has 3 rings (SSSR count). The lowest BCUT2D eigenvalue weighted by atomic mass is 10.3. The monoisotopic (exact) mass is 421 g/mol. The zero-order chi connectivity index (χ0) is 20.5. The Morgan fingerprint density at radius 1 is 1.11 bits per heavy atom. The van der Waals surface area contributed by atoms with E-state index in [9.17, 15) is 13.2 Å². The van der Waals surface area contributed by atoms with Crippen molar-refractivity contribution in [3.8, 4) is 0 Å². The molecule has 3 aromatic rings. The highest BCUT2D eigenvalue weighted by Crippen LogP contribution is 2.26. The Morgan fingerprint density at radius 3 is 2.50 bits per heavy atom. The molecule has 0 spiro atoms. The lowest BCUT2D eigenvalue weighted by Crippen LogP contribution is -2.22. The van der Waals surface area contributed by atoms with E-state index in [1.807, 2.05) is 23.0 Å². The van der Waals surface area contributed by atoms with E-state index in [-0.39, 0.29) is 10.5 Å². The molecule has 150 valence electrons. The van der Waals surface area contributed by atoms with E-state index < -0.39 is 10.0 Å². The molecule has 0 fully saturated rings. The molecule has 28 heavy (non-hydrogen) atoms. The fraction of sp³-hybridized carbons (Fsp3) is 0.389. The molecule has 0 radical (unpaired) electrons. The van der Waals surface area contributed by atoms with Crippen LogP contribution in [0.25, 0.3) is 11.0 Å². The van der Waals surface area contributed by atoms with E-state index in [4.69, 9.17) is 0 Å². The average molecular weight is 422 g/mol. The van der Waals surface area contributed by atoms with Gasteiger partial charge in [0, 0.05) is 39.4 Å². The minimum Gasteiger partial charge on any atom is -0.328 e. The van der Waals surface area contributed by atoms with Gasteiger partial charge in [0.2, 0.25) is 10.0 Å². The predicted molar refractivity (Wildman–Crippen MR) is 110 cm³/mol. The lowest BCUT2D eigenvalue weighted by molar-refractivity contribution is 0.521. The topological polar surface area (TPSA) is 90.1 Å². The van der Waals surface area contributed by atoms with Crippen molar-refractivity contribution in [2.45, 2.75) is 42.7 Å². The summed E-state index contributed by atoms with van der Waals surface area (Å²) in [7, 11) is -0.504. The van der Waals surface area contributed by atoms with E-state index in [0.717, 1.165) is 11.3 Å². The van der Waals surface area contributed by atoms with Crippen molar-refractivity contribution in [1.82, 2.24) is 23.4 Å². The molecule has 2 heterocycles. The number of hydrogen-bond donors (Lipinski definition) is 0. The van der Waals surface area contributed by atoms with Gasteiger partial charge in [0.05, 0.1) is 21.7 Å². The second-order valence-corrected chi connectivity index (χ2v) is 9.43. The van der Waals surface area contributed by atoms with E-state index >= 15 is 0 Å². The number of nitrogens with zero attached hydrogens (tertiary/aromatic N) is 5. The fourth-order valence-electron chi connectivity index (χ4n) is 2.89. The molecule has 1 aromatic carbocycles. The number of aryl methyl sites for hydroxylation is 2. The maximum absolute atomic E-state index is 12.4. The van der Waals surface area contributed by atoms with Crippen molar-refractivity contribution in [3.05, 3.63) is 46.6 Å². The van der Waals surface area contributed by atoms with Crippen LogP contribution >= 0.6 is 11.8 Å². The third-order valence-corrected chi connectivity index (χ3v) is 7.21. The van der Waals surface area contributed by atoms with Gasteiger partial charge in [-0.15, -0.1) is 0 Å². The first-order valence-electron chi connectivity index (χ1n) is 8.90. The van der Waals surface area contributed by atoms with Gasteiger partial charge >= 0.3 is 0 Å². The standard InChI is InChI=1S/C18H23N5O3S2/c1-5-22-10-9-17(24)20-18(22)27-12-16-19-14-11-13(28(25,26)21(3)4)7-8-15(14)23(16)6-2/h7-11H,5-6,12H2,1-4H3. The van der Waals surface area contributed by atoms with Crippen molar-refractivity contribution in [2.24, 2.45) is 0 Å². The molecule has 0 saturated heterocycles.